The van der Waals surface area contributed by atoms with Crippen molar-refractivity contribution in [2.75, 3.05) is 31.7 Å². The number of sulfone groups is 1. The second-order valence-electron chi connectivity index (χ2n) is 5.15. The molecule has 2 fully saturated rings. The number of morpholine rings is 1. The van der Waals surface area contributed by atoms with E-state index >= 15 is 0 Å². The Labute approximate surface area is 103 Å². The normalized spacial score (nSPS) is 32.4. The Balaban J connectivity index is 1.82. The summed E-state index contributed by atoms with van der Waals surface area (Å²) in [4.78, 5) is 2.35. The van der Waals surface area contributed by atoms with Gasteiger partial charge in [-0.3, -0.25) is 4.90 Å². The summed E-state index contributed by atoms with van der Waals surface area (Å²) in [5.41, 5.74) is 0. The number of fused-ring (bicyclic) bond motifs is 1. The summed E-state index contributed by atoms with van der Waals surface area (Å²) < 4.78 is 27.7. The predicted octanol–water partition coefficient (Wildman–Crippen LogP) is -0.355. The van der Waals surface area contributed by atoms with Crippen molar-refractivity contribution in [2.24, 2.45) is 0 Å². The Morgan fingerprint density at radius 1 is 1.53 bits per heavy atom. The smallest absolute Gasteiger partial charge is 0.147 e. The minimum Gasteiger partial charge on any atom is -0.390 e. The van der Waals surface area contributed by atoms with E-state index in [1.54, 1.807) is 0 Å². The fraction of sp³-hybridized carbons (Fsp3) is 1.00. The average molecular weight is 263 g/mol. The number of rotatable bonds is 4. The van der Waals surface area contributed by atoms with E-state index in [0.717, 1.165) is 13.1 Å². The van der Waals surface area contributed by atoms with Gasteiger partial charge in [0.2, 0.25) is 0 Å². The Bertz CT molecular complexity index is 356. The third-order valence-corrected chi connectivity index (χ3v) is 4.61. The van der Waals surface area contributed by atoms with Crippen LogP contribution in [-0.4, -0.2) is 68.4 Å². The highest BCUT2D eigenvalue weighted by molar-refractivity contribution is 7.90. The fourth-order valence-electron chi connectivity index (χ4n) is 2.60. The zero-order chi connectivity index (χ0) is 12.5. The highest BCUT2D eigenvalue weighted by Gasteiger charge is 2.35. The Hall–Kier alpha value is -0.170. The summed E-state index contributed by atoms with van der Waals surface area (Å²) >= 11 is 0. The molecule has 1 N–H and O–H groups in total. The molecule has 0 aromatic rings. The molecule has 2 rings (SSSR count). The fourth-order valence-corrected chi connectivity index (χ4v) is 3.27. The van der Waals surface area contributed by atoms with Crippen molar-refractivity contribution in [1.82, 2.24) is 4.90 Å². The van der Waals surface area contributed by atoms with Crippen LogP contribution >= 0.6 is 0 Å². The Kier molecular flexibility index (Phi) is 4.07. The largest absolute Gasteiger partial charge is 0.390 e. The maximum Gasteiger partial charge on any atom is 0.147 e. The monoisotopic (exact) mass is 263 g/mol. The van der Waals surface area contributed by atoms with E-state index in [1.165, 1.54) is 19.1 Å². The van der Waals surface area contributed by atoms with Gasteiger partial charge in [0, 0.05) is 18.8 Å². The van der Waals surface area contributed by atoms with E-state index in [4.69, 9.17) is 4.74 Å². The highest BCUT2D eigenvalue weighted by atomic mass is 32.2. The van der Waals surface area contributed by atoms with Gasteiger partial charge in [-0.25, -0.2) is 8.42 Å². The number of nitrogens with zero attached hydrogens (tertiary/aromatic N) is 1. The van der Waals surface area contributed by atoms with Crippen LogP contribution in [0.3, 0.4) is 0 Å². The molecule has 0 radical (unpaired) electrons. The van der Waals surface area contributed by atoms with Gasteiger partial charge in [-0.15, -0.1) is 0 Å². The highest BCUT2D eigenvalue weighted by Crippen LogP contribution is 2.24. The zero-order valence-electron chi connectivity index (χ0n) is 10.2. The van der Waals surface area contributed by atoms with Gasteiger partial charge in [0.1, 0.15) is 9.84 Å². The van der Waals surface area contributed by atoms with E-state index in [-0.39, 0.29) is 18.3 Å². The van der Waals surface area contributed by atoms with Crippen LogP contribution in [-0.2, 0) is 14.6 Å². The quantitative estimate of drug-likeness (QED) is 0.750. The van der Waals surface area contributed by atoms with Crippen molar-refractivity contribution in [3.05, 3.63) is 0 Å². The number of aliphatic hydroxyl groups excluding tert-OH is 1. The molecule has 2 heterocycles. The van der Waals surface area contributed by atoms with E-state index in [0.29, 0.717) is 12.6 Å². The lowest BCUT2D eigenvalue weighted by Crippen LogP contribution is -2.50. The lowest BCUT2D eigenvalue weighted by molar-refractivity contribution is -0.102. The molecular weight excluding hydrogens is 242 g/mol. The summed E-state index contributed by atoms with van der Waals surface area (Å²) in [6.07, 6.45) is 2.92. The van der Waals surface area contributed by atoms with Gasteiger partial charge >= 0.3 is 0 Å². The molecule has 100 valence electrons. The number of aliphatic hydroxyl groups is 1. The molecule has 0 amide bonds. The third kappa shape index (κ3) is 3.64. The summed E-state index contributed by atoms with van der Waals surface area (Å²) in [6, 6.07) is 0.508. The lowest BCUT2D eigenvalue weighted by atomic mass is 10.1. The second kappa shape index (κ2) is 5.22. The minimum absolute atomic E-state index is 0.0253. The molecule has 2 saturated heterocycles. The molecule has 0 saturated carbocycles. The summed E-state index contributed by atoms with van der Waals surface area (Å²) in [7, 11) is -3.00. The van der Waals surface area contributed by atoms with Crippen molar-refractivity contribution in [3.8, 4) is 0 Å². The van der Waals surface area contributed by atoms with Crippen LogP contribution in [0.15, 0.2) is 0 Å². The molecule has 2 aliphatic rings. The van der Waals surface area contributed by atoms with Crippen molar-refractivity contribution < 1.29 is 18.3 Å². The van der Waals surface area contributed by atoms with Crippen LogP contribution in [0.4, 0.5) is 0 Å². The van der Waals surface area contributed by atoms with E-state index in [9.17, 15) is 13.5 Å². The maximum atomic E-state index is 11.0. The standard InChI is InChI=1S/C11H21NO4S/c1-17(14,15)6-4-10(13)11-7-12-5-2-3-9(12)8-16-11/h9-11,13H,2-8H2,1H3. The molecule has 0 aromatic carbocycles. The Morgan fingerprint density at radius 2 is 2.29 bits per heavy atom. The topological polar surface area (TPSA) is 66.8 Å². The van der Waals surface area contributed by atoms with Gasteiger partial charge < -0.3 is 9.84 Å². The first-order chi connectivity index (χ1) is 7.96. The first kappa shape index (κ1) is 13.3. The molecule has 17 heavy (non-hydrogen) atoms. The first-order valence-electron chi connectivity index (χ1n) is 6.17. The van der Waals surface area contributed by atoms with E-state index < -0.39 is 15.9 Å². The number of hydrogen-bond acceptors (Lipinski definition) is 5. The number of ether oxygens (including phenoxy) is 1. The number of hydrogen-bond donors (Lipinski definition) is 1. The molecule has 0 aliphatic carbocycles. The average Bonchev–Trinajstić information content (AvgIpc) is 2.71. The lowest BCUT2D eigenvalue weighted by Gasteiger charge is -2.37. The summed E-state index contributed by atoms with van der Waals surface area (Å²) in [5.74, 6) is 0.0253. The van der Waals surface area contributed by atoms with Crippen molar-refractivity contribution in [1.29, 1.82) is 0 Å². The third-order valence-electron chi connectivity index (χ3n) is 3.63. The van der Waals surface area contributed by atoms with Gasteiger partial charge in [0.15, 0.2) is 0 Å². The van der Waals surface area contributed by atoms with E-state index in [2.05, 4.69) is 4.90 Å². The van der Waals surface area contributed by atoms with Crippen molar-refractivity contribution in [2.45, 2.75) is 37.5 Å². The van der Waals surface area contributed by atoms with Gasteiger partial charge in [-0.1, -0.05) is 0 Å². The SMILES string of the molecule is CS(=O)(=O)CCC(O)C1CN2CCCC2CO1. The van der Waals surface area contributed by atoms with Crippen LogP contribution in [0.5, 0.6) is 0 Å². The maximum absolute atomic E-state index is 11.0. The van der Waals surface area contributed by atoms with Gasteiger partial charge in [0.05, 0.1) is 24.6 Å². The summed E-state index contributed by atoms with van der Waals surface area (Å²) in [6.45, 7) is 2.47. The van der Waals surface area contributed by atoms with Gasteiger partial charge in [-0.05, 0) is 25.8 Å². The molecule has 0 bridgehead atoms. The van der Waals surface area contributed by atoms with Crippen molar-refractivity contribution in [3.63, 3.8) is 0 Å². The molecule has 3 unspecified atom stereocenters. The Morgan fingerprint density at radius 3 is 3.00 bits per heavy atom. The molecule has 2 aliphatic heterocycles. The molecule has 3 atom stereocenters. The van der Waals surface area contributed by atoms with Crippen molar-refractivity contribution >= 4 is 9.84 Å². The van der Waals surface area contributed by atoms with Crippen LogP contribution in [0.2, 0.25) is 0 Å². The molecule has 5 nitrogen and oxygen atoms in total. The summed E-state index contributed by atoms with van der Waals surface area (Å²) in [5, 5.41) is 9.94. The van der Waals surface area contributed by atoms with Crippen LogP contribution in [0, 0.1) is 0 Å². The minimum atomic E-state index is -3.00. The van der Waals surface area contributed by atoms with Gasteiger partial charge in [0.25, 0.3) is 0 Å². The van der Waals surface area contributed by atoms with Crippen LogP contribution < -0.4 is 0 Å². The molecule has 0 aromatic heterocycles. The van der Waals surface area contributed by atoms with Crippen LogP contribution in [0.25, 0.3) is 0 Å². The second-order valence-corrected chi connectivity index (χ2v) is 7.41. The molecule has 0 spiro atoms. The van der Waals surface area contributed by atoms with E-state index in [1.807, 2.05) is 0 Å². The molecule has 6 heteroatoms. The molecular formula is C11H21NO4S. The first-order valence-corrected chi connectivity index (χ1v) is 8.23. The van der Waals surface area contributed by atoms with Crippen LogP contribution in [0.1, 0.15) is 19.3 Å². The zero-order valence-corrected chi connectivity index (χ0v) is 11.0. The predicted molar refractivity (Wildman–Crippen MR) is 64.7 cm³/mol. The van der Waals surface area contributed by atoms with Gasteiger partial charge in [-0.2, -0.15) is 0 Å².